The van der Waals surface area contributed by atoms with Crippen LogP contribution in [0.15, 0.2) is 4.99 Å². The van der Waals surface area contributed by atoms with Crippen LogP contribution in [0.3, 0.4) is 0 Å². The number of hydroxylamine groups is 1. The number of aliphatic imine (C=N–C) groups is 1. The number of ether oxygens (including phenoxy) is 2. The van der Waals surface area contributed by atoms with Crippen LogP contribution in [0.2, 0.25) is 0 Å². The highest BCUT2D eigenvalue weighted by Gasteiger charge is 1.74. The summed E-state index contributed by atoms with van der Waals surface area (Å²) in [4.78, 5) is 12.9. The number of hydrogen-bond donors (Lipinski definition) is 5. The molecule has 9 nitrogen and oxygen atoms in total. The number of carbonyl (C=O) groups excluding carboxylic acids is 1. The fourth-order valence-electron chi connectivity index (χ4n) is 0.230. The first kappa shape index (κ1) is 20.9. The van der Waals surface area contributed by atoms with E-state index < -0.39 is 5.91 Å². The van der Waals surface area contributed by atoms with Gasteiger partial charge in [0, 0.05) is 21.1 Å². The van der Waals surface area contributed by atoms with E-state index >= 15 is 0 Å². The van der Waals surface area contributed by atoms with Gasteiger partial charge in [-0.05, 0) is 0 Å². The molecule has 0 atom stereocenters. The molecule has 0 rings (SSSR count). The Hall–Kier alpha value is -1.42. The lowest BCUT2D eigenvalue weighted by Gasteiger charge is -1.88. The topological polar surface area (TPSA) is 152 Å². The predicted octanol–water partition coefficient (Wildman–Crippen LogP) is -2.00. The minimum Gasteiger partial charge on any atom is -0.394 e. The van der Waals surface area contributed by atoms with Crippen molar-refractivity contribution in [2.75, 3.05) is 34.2 Å². The van der Waals surface area contributed by atoms with E-state index in [9.17, 15) is 4.79 Å². The summed E-state index contributed by atoms with van der Waals surface area (Å²) in [5, 5.41) is 15.5. The molecule has 9 heteroatoms. The molecule has 0 aromatic carbocycles. The molecule has 0 saturated carbocycles. The van der Waals surface area contributed by atoms with Gasteiger partial charge in [-0.1, -0.05) is 0 Å². The molecule has 0 aromatic heterocycles. The minimum atomic E-state index is -0.440. The Bertz CT molecular complexity index is 183. The van der Waals surface area contributed by atoms with Crippen LogP contribution < -0.4 is 16.9 Å². The fourth-order valence-corrected chi connectivity index (χ4v) is 0.230. The third-order valence-corrected chi connectivity index (χ3v) is 0.829. The van der Waals surface area contributed by atoms with Crippen LogP contribution in [0.25, 0.3) is 0 Å². The largest absolute Gasteiger partial charge is 0.394 e. The predicted molar refractivity (Wildman–Crippen MR) is 62.3 cm³/mol. The minimum absolute atomic E-state index is 0.0573. The lowest BCUT2D eigenvalue weighted by Crippen LogP contribution is -2.23. The number of nitrogens with one attached hydrogen (secondary N) is 1. The summed E-state index contributed by atoms with van der Waals surface area (Å²) < 4.78 is 8.95. The molecular weight excluding hydrogens is 232 g/mol. The number of rotatable bonds is 4. The number of carbonyl (C=O) groups is 1. The summed E-state index contributed by atoms with van der Waals surface area (Å²) in [6, 6.07) is 0. The van der Waals surface area contributed by atoms with Gasteiger partial charge in [0.25, 0.3) is 0 Å². The quantitative estimate of drug-likeness (QED) is 0.168. The maximum absolute atomic E-state index is 9.45. The molecule has 0 heterocycles. The zero-order valence-electron chi connectivity index (χ0n) is 10.3. The third kappa shape index (κ3) is 53.3. The second kappa shape index (κ2) is 20.1. The zero-order chi connectivity index (χ0) is 14.1. The molecule has 0 aliphatic heterocycles. The highest BCUT2D eigenvalue weighted by atomic mass is 16.5. The van der Waals surface area contributed by atoms with E-state index in [-0.39, 0.29) is 19.3 Å². The smallest absolute Gasteiger partial charge is 0.240 e. The lowest BCUT2D eigenvalue weighted by molar-refractivity contribution is -0.126. The molecule has 0 fully saturated rings. The van der Waals surface area contributed by atoms with Crippen LogP contribution >= 0.6 is 0 Å². The molecule has 7 N–H and O–H groups in total. The van der Waals surface area contributed by atoms with Crippen molar-refractivity contribution in [2.24, 2.45) is 16.5 Å². The molecule has 0 saturated heterocycles. The normalized spacial score (nSPS) is 7.82. The number of amides is 1. The summed E-state index contributed by atoms with van der Waals surface area (Å²) in [5.74, 6) is -0.383. The molecule has 0 radical (unpaired) electrons. The Morgan fingerprint density at radius 2 is 1.82 bits per heavy atom. The van der Waals surface area contributed by atoms with Gasteiger partial charge in [-0.2, -0.15) is 0 Å². The number of guanidine groups is 1. The van der Waals surface area contributed by atoms with Crippen molar-refractivity contribution in [3.05, 3.63) is 0 Å². The summed E-state index contributed by atoms with van der Waals surface area (Å²) >= 11 is 0. The SMILES string of the molecule is CC(=O)NO.COCCO.COCN=C(N)N. The fraction of sp³-hybridized carbons (Fsp3) is 0.750. The molecule has 0 aliphatic rings. The van der Waals surface area contributed by atoms with Gasteiger partial charge in [-0.3, -0.25) is 10.0 Å². The molecule has 1 amide bonds. The standard InChI is InChI=1S/C3H9N3O.C3H8O2.C2H5NO2/c1-7-2-6-3(4)5;1-5-3-2-4;1-2(4)3-5/h2H2,1H3,(H4,4,5,6);4H,2-3H2,1H3;5H,1H3,(H,3,4). The van der Waals surface area contributed by atoms with E-state index in [2.05, 4.69) is 14.5 Å². The van der Waals surface area contributed by atoms with Gasteiger partial charge in [-0.15, -0.1) is 0 Å². The molecule has 17 heavy (non-hydrogen) atoms. The molecule has 0 unspecified atom stereocenters. The summed E-state index contributed by atoms with van der Waals surface area (Å²) in [7, 11) is 3.07. The molecule has 0 bridgehead atoms. The average molecular weight is 254 g/mol. The number of aliphatic hydroxyl groups excluding tert-OH is 1. The van der Waals surface area contributed by atoms with Crippen molar-refractivity contribution in [1.29, 1.82) is 0 Å². The Morgan fingerprint density at radius 1 is 1.35 bits per heavy atom. The molecule has 104 valence electrons. The van der Waals surface area contributed by atoms with Crippen LogP contribution in [-0.2, 0) is 14.3 Å². The molecule has 0 spiro atoms. The van der Waals surface area contributed by atoms with Gasteiger partial charge < -0.3 is 26.0 Å². The van der Waals surface area contributed by atoms with Gasteiger partial charge in [0.1, 0.15) is 6.73 Å². The Balaban J connectivity index is -0.000000177. The highest BCUT2D eigenvalue weighted by molar-refractivity contribution is 5.75. The van der Waals surface area contributed by atoms with Crippen molar-refractivity contribution in [3.63, 3.8) is 0 Å². The number of aliphatic hydroxyl groups is 1. The monoisotopic (exact) mass is 254 g/mol. The second-order valence-electron chi connectivity index (χ2n) is 2.39. The summed E-state index contributed by atoms with van der Waals surface area (Å²) in [5.41, 5.74) is 11.2. The average Bonchev–Trinajstić information content (AvgIpc) is 2.29. The van der Waals surface area contributed by atoms with Crippen molar-refractivity contribution < 1.29 is 24.6 Å². The first-order chi connectivity index (χ1) is 7.95. The van der Waals surface area contributed by atoms with Gasteiger partial charge in [0.2, 0.25) is 5.91 Å². The van der Waals surface area contributed by atoms with E-state index in [1.165, 1.54) is 19.5 Å². The van der Waals surface area contributed by atoms with Crippen LogP contribution in [0, 0.1) is 0 Å². The van der Waals surface area contributed by atoms with E-state index in [0.29, 0.717) is 6.61 Å². The molecule has 0 aromatic rings. The van der Waals surface area contributed by atoms with Crippen LogP contribution in [0.4, 0.5) is 0 Å². The summed E-state index contributed by atoms with van der Waals surface area (Å²) in [6.07, 6.45) is 0. The number of hydrogen-bond acceptors (Lipinski definition) is 6. The van der Waals surface area contributed by atoms with Gasteiger partial charge >= 0.3 is 0 Å². The maximum Gasteiger partial charge on any atom is 0.240 e. The highest BCUT2D eigenvalue weighted by Crippen LogP contribution is 1.64. The van der Waals surface area contributed by atoms with Crippen molar-refractivity contribution in [3.8, 4) is 0 Å². The van der Waals surface area contributed by atoms with Gasteiger partial charge in [0.15, 0.2) is 5.96 Å². The van der Waals surface area contributed by atoms with Crippen molar-refractivity contribution >= 4 is 11.9 Å². The molecule has 0 aliphatic carbocycles. The Labute approximate surface area is 100 Å². The van der Waals surface area contributed by atoms with Crippen molar-refractivity contribution in [2.45, 2.75) is 6.92 Å². The Kier molecular flexibility index (Phi) is 24.7. The van der Waals surface area contributed by atoms with E-state index in [1.54, 1.807) is 7.11 Å². The van der Waals surface area contributed by atoms with E-state index in [1.807, 2.05) is 0 Å². The number of methoxy groups -OCH3 is 2. The second-order valence-corrected chi connectivity index (χ2v) is 2.39. The van der Waals surface area contributed by atoms with Crippen LogP contribution in [0.1, 0.15) is 6.92 Å². The van der Waals surface area contributed by atoms with E-state index in [0.717, 1.165) is 0 Å². The Morgan fingerprint density at radius 3 is 1.88 bits per heavy atom. The molecular formula is C8H22N4O5. The van der Waals surface area contributed by atoms with Gasteiger partial charge in [0.05, 0.1) is 13.2 Å². The maximum atomic E-state index is 9.45. The zero-order valence-corrected chi connectivity index (χ0v) is 10.3. The number of nitrogens with two attached hydrogens (primary N) is 2. The first-order valence-corrected chi connectivity index (χ1v) is 4.50. The van der Waals surface area contributed by atoms with Crippen LogP contribution in [-0.4, -0.2) is 56.3 Å². The first-order valence-electron chi connectivity index (χ1n) is 4.50. The van der Waals surface area contributed by atoms with Gasteiger partial charge in [-0.25, -0.2) is 10.5 Å². The van der Waals surface area contributed by atoms with E-state index in [4.69, 9.17) is 21.8 Å². The lowest BCUT2D eigenvalue weighted by atomic mass is 10.8. The third-order valence-electron chi connectivity index (χ3n) is 0.829. The summed E-state index contributed by atoms with van der Waals surface area (Å²) in [6.45, 7) is 2.03. The van der Waals surface area contributed by atoms with Crippen molar-refractivity contribution in [1.82, 2.24) is 5.48 Å². The number of nitrogens with zero attached hydrogens (tertiary/aromatic N) is 1. The van der Waals surface area contributed by atoms with Crippen LogP contribution in [0.5, 0.6) is 0 Å².